The molecule has 1 aromatic heterocycles. The number of nitrogens with one attached hydrogen (secondary N) is 1. The van der Waals surface area contributed by atoms with Crippen LogP contribution in [0, 0.1) is 20.8 Å². The molecule has 3 aromatic carbocycles. The first-order valence-electron chi connectivity index (χ1n) is 12.3. The Labute approximate surface area is 254 Å². The third-order valence-electron chi connectivity index (χ3n) is 6.33. The van der Waals surface area contributed by atoms with Crippen molar-refractivity contribution in [1.82, 2.24) is 9.99 Å². The summed E-state index contributed by atoms with van der Waals surface area (Å²) in [4.78, 5) is 13.0. The third kappa shape index (κ3) is 6.70. The molecule has 0 unspecified atom stereocenters. The molecule has 1 amide bonds. The summed E-state index contributed by atoms with van der Waals surface area (Å²) < 4.78 is 35.3. The van der Waals surface area contributed by atoms with Gasteiger partial charge >= 0.3 is 0 Å². The smallest absolute Gasteiger partial charge is 0.264 e. The molecule has 0 saturated carbocycles. The lowest BCUT2D eigenvalue weighted by molar-refractivity contribution is -0.119. The first-order valence-corrected chi connectivity index (χ1v) is 14.9. The molecule has 214 valence electrons. The second-order valence-electron chi connectivity index (χ2n) is 9.19. The molecule has 0 saturated heterocycles. The number of carbonyl (C=O) groups is 1. The van der Waals surface area contributed by atoms with Gasteiger partial charge in [-0.25, -0.2) is 13.8 Å². The Hall–Kier alpha value is -3.50. The van der Waals surface area contributed by atoms with Crippen LogP contribution in [-0.2, 0) is 14.8 Å². The van der Waals surface area contributed by atoms with Crippen molar-refractivity contribution in [2.45, 2.75) is 25.7 Å². The molecule has 0 aliphatic rings. The third-order valence-corrected chi connectivity index (χ3v) is 8.97. The number of anilines is 1. The molecule has 12 heteroatoms. The maximum absolute atomic E-state index is 13.6. The van der Waals surface area contributed by atoms with Crippen LogP contribution in [0.25, 0.3) is 5.69 Å². The fraction of sp³-hybridized carbons (Fsp3) is 0.172. The molecule has 8 nitrogen and oxygen atoms in total. The number of sulfonamides is 1. The van der Waals surface area contributed by atoms with E-state index in [2.05, 4.69) is 10.5 Å². The summed E-state index contributed by atoms with van der Waals surface area (Å²) in [7, 11) is -2.68. The number of hydrazone groups is 1. The molecule has 1 N–H and O–H groups in total. The number of carbonyl (C=O) groups excluding carboxylic acids is 1. The fourth-order valence-corrected chi connectivity index (χ4v) is 6.28. The molecule has 4 rings (SSSR count). The van der Waals surface area contributed by atoms with Gasteiger partial charge in [-0.15, -0.1) is 0 Å². The summed E-state index contributed by atoms with van der Waals surface area (Å²) in [6.45, 7) is 5.10. The number of halogens is 3. The maximum Gasteiger partial charge on any atom is 0.264 e. The lowest BCUT2D eigenvalue weighted by Gasteiger charge is -2.24. The normalized spacial score (nSPS) is 11.6. The van der Waals surface area contributed by atoms with Crippen molar-refractivity contribution >= 4 is 62.6 Å². The van der Waals surface area contributed by atoms with E-state index in [1.54, 1.807) is 30.3 Å². The number of aryl methyl sites for hydroxylation is 2. The van der Waals surface area contributed by atoms with Crippen LogP contribution in [0.15, 0.2) is 76.7 Å². The number of nitrogens with zero attached hydrogens (tertiary/aromatic N) is 3. The highest BCUT2D eigenvalue weighted by Crippen LogP contribution is 2.32. The minimum Gasteiger partial charge on any atom is -0.495 e. The first kappa shape index (κ1) is 30.5. The number of benzene rings is 3. The minimum absolute atomic E-state index is 0.0263. The molecule has 4 aromatic rings. The van der Waals surface area contributed by atoms with E-state index in [0.717, 1.165) is 26.8 Å². The number of rotatable bonds is 9. The van der Waals surface area contributed by atoms with Crippen LogP contribution in [0.1, 0.15) is 22.5 Å². The van der Waals surface area contributed by atoms with Crippen molar-refractivity contribution in [2.24, 2.45) is 5.10 Å². The number of methoxy groups -OCH3 is 1. The highest BCUT2D eigenvalue weighted by atomic mass is 35.5. The Balaban J connectivity index is 1.59. The van der Waals surface area contributed by atoms with E-state index < -0.39 is 22.5 Å². The van der Waals surface area contributed by atoms with Crippen molar-refractivity contribution in [3.8, 4) is 11.4 Å². The monoisotopic (exact) mass is 632 g/mol. The quantitative estimate of drug-likeness (QED) is 0.164. The van der Waals surface area contributed by atoms with Gasteiger partial charge in [-0.3, -0.25) is 9.10 Å². The molecule has 0 bridgehead atoms. The van der Waals surface area contributed by atoms with Crippen LogP contribution in [0.3, 0.4) is 0 Å². The van der Waals surface area contributed by atoms with E-state index in [-0.39, 0.29) is 15.6 Å². The summed E-state index contributed by atoms with van der Waals surface area (Å²) in [5, 5.41) is 5.35. The van der Waals surface area contributed by atoms with Gasteiger partial charge in [0.1, 0.15) is 12.3 Å². The summed E-state index contributed by atoms with van der Waals surface area (Å²) in [6, 6.07) is 17.9. The summed E-state index contributed by atoms with van der Waals surface area (Å²) >= 11 is 18.9. The van der Waals surface area contributed by atoms with Gasteiger partial charge in [-0.1, -0.05) is 52.5 Å². The Bertz CT molecular complexity index is 1740. The van der Waals surface area contributed by atoms with Crippen molar-refractivity contribution in [2.75, 3.05) is 18.0 Å². The Morgan fingerprint density at radius 3 is 2.34 bits per heavy atom. The molecule has 0 aliphatic heterocycles. The zero-order valence-corrected chi connectivity index (χ0v) is 25.7. The van der Waals surface area contributed by atoms with Crippen LogP contribution in [0.4, 0.5) is 5.69 Å². The van der Waals surface area contributed by atoms with Crippen LogP contribution >= 0.6 is 34.8 Å². The van der Waals surface area contributed by atoms with Crippen LogP contribution < -0.4 is 14.5 Å². The van der Waals surface area contributed by atoms with E-state index >= 15 is 0 Å². The Morgan fingerprint density at radius 2 is 1.68 bits per heavy atom. The number of hydrogen-bond donors (Lipinski definition) is 1. The van der Waals surface area contributed by atoms with Crippen LogP contribution in [0.2, 0.25) is 15.1 Å². The summed E-state index contributed by atoms with van der Waals surface area (Å²) in [5.74, 6) is -0.288. The molecule has 0 atom stereocenters. The van der Waals surface area contributed by atoms with Crippen molar-refractivity contribution in [3.05, 3.63) is 104 Å². The minimum atomic E-state index is -4.13. The predicted molar refractivity (Wildman–Crippen MR) is 165 cm³/mol. The van der Waals surface area contributed by atoms with E-state index in [0.29, 0.717) is 21.5 Å². The molecule has 0 aliphatic carbocycles. The Morgan fingerprint density at radius 1 is 0.976 bits per heavy atom. The molecular formula is C29H27Cl3N4O4S. The van der Waals surface area contributed by atoms with Gasteiger partial charge in [-0.05, 0) is 75.4 Å². The van der Waals surface area contributed by atoms with Crippen molar-refractivity contribution in [1.29, 1.82) is 0 Å². The highest BCUT2D eigenvalue weighted by molar-refractivity contribution is 7.92. The van der Waals surface area contributed by atoms with Gasteiger partial charge in [0, 0.05) is 22.0 Å². The van der Waals surface area contributed by atoms with E-state index in [1.165, 1.54) is 43.7 Å². The van der Waals surface area contributed by atoms with E-state index in [1.807, 2.05) is 31.4 Å². The van der Waals surface area contributed by atoms with Crippen molar-refractivity contribution in [3.63, 3.8) is 0 Å². The SMILES string of the molecule is COc1ccc(N(CC(=O)N/N=C\c2cc(C)n(-c3cc(Cl)ccc3Cl)c2C)S(=O)(=O)c2ccc(C)cc2)cc1Cl. The largest absolute Gasteiger partial charge is 0.495 e. The molecular weight excluding hydrogens is 607 g/mol. The Kier molecular flexibility index (Phi) is 9.34. The highest BCUT2D eigenvalue weighted by Gasteiger charge is 2.28. The van der Waals surface area contributed by atoms with E-state index in [4.69, 9.17) is 39.5 Å². The second kappa shape index (κ2) is 12.6. The molecule has 0 fully saturated rings. The number of aromatic nitrogens is 1. The van der Waals surface area contributed by atoms with Gasteiger partial charge in [-0.2, -0.15) is 5.10 Å². The molecule has 1 heterocycles. The molecule has 0 spiro atoms. The fourth-order valence-electron chi connectivity index (χ4n) is 4.25. The van der Waals surface area contributed by atoms with E-state index in [9.17, 15) is 13.2 Å². The number of hydrogen-bond acceptors (Lipinski definition) is 5. The average Bonchev–Trinajstić information content (AvgIpc) is 3.21. The van der Waals surface area contributed by atoms with Crippen LogP contribution in [0.5, 0.6) is 5.75 Å². The van der Waals surface area contributed by atoms with Gasteiger partial charge in [0.25, 0.3) is 15.9 Å². The lowest BCUT2D eigenvalue weighted by atomic mass is 10.2. The maximum atomic E-state index is 13.6. The zero-order valence-electron chi connectivity index (χ0n) is 22.7. The first-order chi connectivity index (χ1) is 19.4. The standard InChI is InChI=1S/C29H27Cl3N4O4S/c1-18-5-9-24(10-6-18)41(38,39)35(23-8-12-28(40-4)26(32)15-23)17-29(37)34-33-16-21-13-19(2)36(20(21)3)27-14-22(30)7-11-25(27)31/h5-16H,17H2,1-4H3,(H,34,37)/b33-16-. The summed E-state index contributed by atoms with van der Waals surface area (Å²) in [6.07, 6.45) is 1.48. The molecule has 41 heavy (non-hydrogen) atoms. The number of amides is 1. The van der Waals surface area contributed by atoms with Crippen molar-refractivity contribution < 1.29 is 17.9 Å². The van der Waals surface area contributed by atoms with Crippen LogP contribution in [-0.4, -0.2) is 38.8 Å². The van der Waals surface area contributed by atoms with Gasteiger partial charge in [0.15, 0.2) is 0 Å². The van der Waals surface area contributed by atoms with Gasteiger partial charge in [0.05, 0.1) is 39.6 Å². The zero-order chi connectivity index (χ0) is 29.9. The topological polar surface area (TPSA) is 93.0 Å². The number of ether oxygens (including phenoxy) is 1. The lowest BCUT2D eigenvalue weighted by Crippen LogP contribution is -2.39. The molecule has 0 radical (unpaired) electrons. The second-order valence-corrected chi connectivity index (χ2v) is 12.3. The van der Waals surface area contributed by atoms with Gasteiger partial charge in [0.2, 0.25) is 0 Å². The van der Waals surface area contributed by atoms with Gasteiger partial charge < -0.3 is 9.30 Å². The average molecular weight is 634 g/mol. The predicted octanol–water partition coefficient (Wildman–Crippen LogP) is 6.72. The summed E-state index contributed by atoms with van der Waals surface area (Å²) in [5.41, 5.74) is 6.66.